The second-order valence-corrected chi connectivity index (χ2v) is 12.6. The lowest BCUT2D eigenvalue weighted by atomic mass is 9.87. The van der Waals surface area contributed by atoms with E-state index in [1.807, 2.05) is 49.6 Å². The summed E-state index contributed by atoms with van der Waals surface area (Å²) < 4.78 is 0. The Bertz CT molecular complexity index is 1890. The van der Waals surface area contributed by atoms with Crippen LogP contribution in [0.15, 0.2) is 83.7 Å². The average molecular weight is 603 g/mol. The Morgan fingerprint density at radius 2 is 2.00 bits per heavy atom. The fourth-order valence-corrected chi connectivity index (χ4v) is 6.90. The van der Waals surface area contributed by atoms with Gasteiger partial charge >= 0.3 is 0 Å². The Balaban J connectivity index is 1.22. The van der Waals surface area contributed by atoms with E-state index in [4.69, 9.17) is 15.7 Å². The van der Waals surface area contributed by atoms with E-state index in [0.29, 0.717) is 35.8 Å². The fourth-order valence-electron chi connectivity index (χ4n) is 6.14. The molecule has 0 saturated heterocycles. The van der Waals surface area contributed by atoms with Crippen molar-refractivity contribution in [2.75, 3.05) is 0 Å². The van der Waals surface area contributed by atoms with Crippen LogP contribution in [0.3, 0.4) is 0 Å². The van der Waals surface area contributed by atoms with Gasteiger partial charge in [0.15, 0.2) is 5.82 Å². The summed E-state index contributed by atoms with van der Waals surface area (Å²) in [5, 5.41) is 9.33. The fraction of sp³-hybridized carbons (Fsp3) is 0.265. The maximum absolute atomic E-state index is 13.0. The quantitative estimate of drug-likeness (QED) is 0.209. The van der Waals surface area contributed by atoms with Crippen molar-refractivity contribution in [1.82, 2.24) is 35.6 Å². The summed E-state index contributed by atoms with van der Waals surface area (Å²) in [6.45, 7) is 1.97. The zero-order valence-electron chi connectivity index (χ0n) is 24.6. The highest BCUT2D eigenvalue weighted by molar-refractivity contribution is 7.11. The molecule has 222 valence electrons. The lowest BCUT2D eigenvalue weighted by Crippen LogP contribution is -2.25. The van der Waals surface area contributed by atoms with Gasteiger partial charge in [0.2, 0.25) is 5.91 Å². The minimum atomic E-state index is 0.0552. The summed E-state index contributed by atoms with van der Waals surface area (Å²) in [5.74, 6) is 1.17. The third kappa shape index (κ3) is 5.85. The van der Waals surface area contributed by atoms with Crippen LogP contribution in [0, 0.1) is 5.92 Å². The molecule has 4 aromatic rings. The van der Waals surface area contributed by atoms with E-state index in [1.54, 1.807) is 17.5 Å². The molecule has 0 bridgehead atoms. The van der Waals surface area contributed by atoms with Gasteiger partial charge in [0.25, 0.3) is 0 Å². The minimum Gasteiger partial charge on any atom is -0.402 e. The molecule has 1 saturated carbocycles. The smallest absolute Gasteiger partial charge is 0.224 e. The number of aromatic nitrogens is 5. The monoisotopic (exact) mass is 602 g/mol. The number of amides is 1. The molecule has 3 aliphatic rings. The van der Waals surface area contributed by atoms with Crippen LogP contribution < -0.4 is 16.4 Å². The van der Waals surface area contributed by atoms with E-state index in [-0.39, 0.29) is 5.91 Å². The first kappa shape index (κ1) is 28.0. The predicted octanol–water partition coefficient (Wildman–Crippen LogP) is 6.13. The molecule has 10 heteroatoms. The molecule has 7 rings (SSSR count). The zero-order chi connectivity index (χ0) is 30.0. The van der Waals surface area contributed by atoms with Crippen molar-refractivity contribution in [2.24, 2.45) is 11.7 Å². The van der Waals surface area contributed by atoms with Crippen LogP contribution in [0.4, 0.5) is 0 Å². The Labute approximate surface area is 259 Å². The molecule has 1 aliphatic heterocycles. The maximum atomic E-state index is 13.0. The Kier molecular flexibility index (Phi) is 7.66. The van der Waals surface area contributed by atoms with Gasteiger partial charge in [-0.05, 0) is 67.5 Å². The second-order valence-electron chi connectivity index (χ2n) is 11.6. The first-order valence-corrected chi connectivity index (χ1v) is 16.0. The van der Waals surface area contributed by atoms with Gasteiger partial charge in [-0.3, -0.25) is 9.78 Å². The number of aromatic amines is 1. The molecule has 0 atom stereocenters. The van der Waals surface area contributed by atoms with Crippen LogP contribution in [-0.4, -0.2) is 30.8 Å². The Morgan fingerprint density at radius 3 is 2.84 bits per heavy atom. The van der Waals surface area contributed by atoms with Gasteiger partial charge < -0.3 is 21.4 Å². The molecule has 1 fully saturated rings. The molecule has 0 spiro atoms. The molecular weight excluding hydrogens is 568 g/mol. The van der Waals surface area contributed by atoms with Crippen molar-refractivity contribution < 1.29 is 4.79 Å². The number of hydrogen-bond donors (Lipinski definition) is 4. The van der Waals surface area contributed by atoms with Crippen molar-refractivity contribution in [3.63, 3.8) is 0 Å². The summed E-state index contributed by atoms with van der Waals surface area (Å²) in [5.41, 5.74) is 14.5. The SMILES string of the molecule is CC1=CC(NC(=O)CC2CCCCC2)=CC(c2cc3c(-c4nc5c([nH]4)CC(N)=CC=C5c4cccs4)ncnc3cn2)=CN1. The molecule has 5 N–H and O–H groups in total. The van der Waals surface area contributed by atoms with Crippen molar-refractivity contribution in [3.8, 4) is 11.5 Å². The average Bonchev–Trinajstić information content (AvgIpc) is 3.63. The largest absolute Gasteiger partial charge is 0.402 e. The van der Waals surface area contributed by atoms with Gasteiger partial charge in [-0.2, -0.15) is 0 Å². The molecule has 44 heavy (non-hydrogen) atoms. The van der Waals surface area contributed by atoms with Crippen molar-refractivity contribution in [3.05, 3.63) is 106 Å². The summed E-state index contributed by atoms with van der Waals surface area (Å²) in [4.78, 5) is 36.5. The number of hydrogen-bond acceptors (Lipinski definition) is 8. The zero-order valence-corrected chi connectivity index (χ0v) is 25.4. The van der Waals surface area contributed by atoms with E-state index in [2.05, 4.69) is 37.0 Å². The van der Waals surface area contributed by atoms with Gasteiger partial charge in [0.1, 0.15) is 12.0 Å². The molecule has 4 aromatic heterocycles. The number of allylic oxidation sites excluding steroid dienone is 7. The number of carbonyl (C=O) groups is 1. The number of H-pyrrole nitrogens is 1. The molecule has 9 nitrogen and oxygen atoms in total. The van der Waals surface area contributed by atoms with E-state index < -0.39 is 0 Å². The van der Waals surface area contributed by atoms with Crippen molar-refractivity contribution >= 4 is 39.3 Å². The standard InChI is InChI=1S/C34H34N8OS/c1-20-12-24(40-31(43)13-21-6-3-2-4-7-21)14-22(17-36-20)27-16-26-29(18-37-27)38-19-39-33(26)34-41-28-15-23(35)9-10-25(32(28)42-34)30-8-5-11-44-30/h5,8-12,14,16-19,21,36H,2-4,6-7,13,15,35H2,1H3,(H,40,43)(H,41,42). The predicted molar refractivity (Wildman–Crippen MR) is 175 cm³/mol. The summed E-state index contributed by atoms with van der Waals surface area (Å²) >= 11 is 1.67. The number of fused-ring (bicyclic) bond motifs is 2. The number of nitrogens with zero attached hydrogens (tertiary/aromatic N) is 4. The van der Waals surface area contributed by atoms with E-state index >= 15 is 0 Å². The molecular formula is C34H34N8OS. The molecule has 0 radical (unpaired) electrons. The first-order valence-electron chi connectivity index (χ1n) is 15.1. The highest BCUT2D eigenvalue weighted by Crippen LogP contribution is 2.34. The van der Waals surface area contributed by atoms with Gasteiger partial charge in [-0.15, -0.1) is 11.3 Å². The summed E-state index contributed by atoms with van der Waals surface area (Å²) in [7, 11) is 0. The maximum Gasteiger partial charge on any atom is 0.224 e. The summed E-state index contributed by atoms with van der Waals surface area (Å²) in [6.07, 6.45) is 20.2. The van der Waals surface area contributed by atoms with Crippen LogP contribution >= 0.6 is 11.3 Å². The van der Waals surface area contributed by atoms with Crippen molar-refractivity contribution in [2.45, 2.75) is 51.9 Å². The lowest BCUT2D eigenvalue weighted by molar-refractivity contribution is -0.121. The molecule has 2 aliphatic carbocycles. The molecule has 5 heterocycles. The molecule has 0 aromatic carbocycles. The minimum absolute atomic E-state index is 0.0552. The topological polar surface area (TPSA) is 134 Å². The van der Waals surface area contributed by atoms with Gasteiger partial charge in [0, 0.05) is 63.2 Å². The lowest BCUT2D eigenvalue weighted by Gasteiger charge is -2.21. The number of pyridine rings is 1. The van der Waals surface area contributed by atoms with Crippen LogP contribution in [0.25, 0.3) is 33.6 Å². The van der Waals surface area contributed by atoms with Crippen LogP contribution in [0.2, 0.25) is 0 Å². The highest BCUT2D eigenvalue weighted by atomic mass is 32.1. The van der Waals surface area contributed by atoms with E-state index in [9.17, 15) is 4.79 Å². The normalized spacial score (nSPS) is 17.2. The highest BCUT2D eigenvalue weighted by Gasteiger charge is 2.22. The summed E-state index contributed by atoms with van der Waals surface area (Å²) in [6, 6.07) is 6.11. The third-order valence-electron chi connectivity index (χ3n) is 8.33. The second kappa shape index (κ2) is 12.0. The Hall–Kier alpha value is -4.83. The molecule has 0 unspecified atom stereocenters. The van der Waals surface area contributed by atoms with E-state index in [0.717, 1.165) is 68.4 Å². The van der Waals surface area contributed by atoms with Gasteiger partial charge in [0.05, 0.1) is 23.1 Å². The molecule has 1 amide bonds. The van der Waals surface area contributed by atoms with Crippen LogP contribution in [0.5, 0.6) is 0 Å². The Morgan fingerprint density at radius 1 is 1.11 bits per heavy atom. The first-order chi connectivity index (χ1) is 21.5. The van der Waals surface area contributed by atoms with Crippen molar-refractivity contribution in [1.29, 1.82) is 0 Å². The third-order valence-corrected chi connectivity index (χ3v) is 9.23. The van der Waals surface area contributed by atoms with Crippen LogP contribution in [0.1, 0.15) is 67.4 Å². The number of thiophene rings is 1. The number of nitrogens with two attached hydrogens (primary N) is 1. The number of carbonyl (C=O) groups excluding carboxylic acids is 1. The number of rotatable bonds is 6. The number of nitrogens with one attached hydrogen (secondary N) is 3. The number of imidazole rings is 1. The van der Waals surface area contributed by atoms with E-state index in [1.165, 1.54) is 25.6 Å². The van der Waals surface area contributed by atoms with Gasteiger partial charge in [-0.25, -0.2) is 15.0 Å². The van der Waals surface area contributed by atoms with Gasteiger partial charge in [-0.1, -0.05) is 25.3 Å². The van der Waals surface area contributed by atoms with Crippen LogP contribution in [-0.2, 0) is 11.2 Å².